The van der Waals surface area contributed by atoms with Crippen LogP contribution < -0.4 is 0 Å². The van der Waals surface area contributed by atoms with Gasteiger partial charge in [0.25, 0.3) is 0 Å². The highest BCUT2D eigenvalue weighted by Crippen LogP contribution is 2.23. The Labute approximate surface area is 82.3 Å². The third kappa shape index (κ3) is 2.68. The lowest BCUT2D eigenvalue weighted by Crippen LogP contribution is -2.42. The highest BCUT2D eigenvalue weighted by molar-refractivity contribution is 4.85. The minimum atomic E-state index is 0.398. The van der Waals surface area contributed by atoms with E-state index in [9.17, 15) is 0 Å². The summed E-state index contributed by atoms with van der Waals surface area (Å²) in [5.74, 6) is 0. The van der Waals surface area contributed by atoms with E-state index in [1.165, 1.54) is 19.4 Å². The van der Waals surface area contributed by atoms with Crippen LogP contribution in [0.15, 0.2) is 0 Å². The molecule has 2 unspecified atom stereocenters. The first-order valence-electron chi connectivity index (χ1n) is 5.54. The summed E-state index contributed by atoms with van der Waals surface area (Å²) in [7, 11) is 0. The third-order valence-electron chi connectivity index (χ3n) is 2.98. The molecule has 1 fully saturated rings. The lowest BCUT2D eigenvalue weighted by Gasteiger charge is -2.32. The van der Waals surface area contributed by atoms with E-state index < -0.39 is 0 Å². The van der Waals surface area contributed by atoms with E-state index in [4.69, 9.17) is 4.74 Å². The molecule has 0 aromatic rings. The number of likely N-dealkylation sites (tertiary alicyclic amines) is 1. The Morgan fingerprint density at radius 2 is 2.08 bits per heavy atom. The summed E-state index contributed by atoms with van der Waals surface area (Å²) in [5, 5.41) is 0. The average molecular weight is 185 g/mol. The van der Waals surface area contributed by atoms with Crippen molar-refractivity contribution in [2.24, 2.45) is 0 Å². The van der Waals surface area contributed by atoms with Crippen molar-refractivity contribution in [1.82, 2.24) is 4.90 Å². The van der Waals surface area contributed by atoms with E-state index in [0.717, 1.165) is 6.61 Å². The lowest BCUT2D eigenvalue weighted by atomic mass is 10.1. The summed E-state index contributed by atoms with van der Waals surface area (Å²) in [6.07, 6.45) is 3.04. The van der Waals surface area contributed by atoms with Crippen molar-refractivity contribution >= 4 is 0 Å². The molecule has 1 heterocycles. The fraction of sp³-hybridized carbons (Fsp3) is 1.00. The fourth-order valence-corrected chi connectivity index (χ4v) is 2.33. The molecule has 1 aliphatic heterocycles. The van der Waals surface area contributed by atoms with Crippen LogP contribution in [0.1, 0.15) is 40.5 Å². The average Bonchev–Trinajstić information content (AvgIpc) is 2.52. The van der Waals surface area contributed by atoms with Crippen LogP contribution in [-0.4, -0.2) is 36.2 Å². The molecule has 0 aromatic carbocycles. The number of nitrogens with zero attached hydrogens (tertiary/aromatic N) is 1. The summed E-state index contributed by atoms with van der Waals surface area (Å²) < 4.78 is 5.66. The monoisotopic (exact) mass is 185 g/mol. The quantitative estimate of drug-likeness (QED) is 0.666. The lowest BCUT2D eigenvalue weighted by molar-refractivity contribution is 0.00801. The Balaban J connectivity index is 2.47. The van der Waals surface area contributed by atoms with Gasteiger partial charge in [0.15, 0.2) is 0 Å². The molecule has 2 nitrogen and oxygen atoms in total. The van der Waals surface area contributed by atoms with Crippen LogP contribution in [0.5, 0.6) is 0 Å². The first-order valence-corrected chi connectivity index (χ1v) is 5.54. The van der Waals surface area contributed by atoms with Crippen LogP contribution in [0.3, 0.4) is 0 Å². The third-order valence-corrected chi connectivity index (χ3v) is 2.98. The second-order valence-electron chi connectivity index (χ2n) is 4.20. The van der Waals surface area contributed by atoms with Gasteiger partial charge in [-0.15, -0.1) is 0 Å². The van der Waals surface area contributed by atoms with Crippen LogP contribution in [0.4, 0.5) is 0 Å². The van der Waals surface area contributed by atoms with Gasteiger partial charge in [-0.2, -0.15) is 0 Å². The van der Waals surface area contributed by atoms with Crippen LogP contribution in [0.25, 0.3) is 0 Å². The van der Waals surface area contributed by atoms with Crippen molar-refractivity contribution in [3.05, 3.63) is 0 Å². The van der Waals surface area contributed by atoms with Crippen LogP contribution in [0, 0.1) is 0 Å². The number of hydrogen-bond donors (Lipinski definition) is 0. The summed E-state index contributed by atoms with van der Waals surface area (Å²) in [4.78, 5) is 2.57. The van der Waals surface area contributed by atoms with Gasteiger partial charge >= 0.3 is 0 Å². The van der Waals surface area contributed by atoms with Crippen LogP contribution >= 0.6 is 0 Å². The predicted octanol–water partition coefficient (Wildman–Crippen LogP) is 2.28. The maximum atomic E-state index is 5.66. The van der Waals surface area contributed by atoms with Crippen molar-refractivity contribution in [3.8, 4) is 0 Å². The summed E-state index contributed by atoms with van der Waals surface area (Å²) >= 11 is 0. The van der Waals surface area contributed by atoms with Gasteiger partial charge < -0.3 is 4.74 Å². The second-order valence-corrected chi connectivity index (χ2v) is 4.20. The smallest absolute Gasteiger partial charge is 0.0702 e. The molecule has 0 spiro atoms. The van der Waals surface area contributed by atoms with Gasteiger partial charge in [0, 0.05) is 18.7 Å². The molecule has 0 aromatic heterocycles. The molecule has 2 atom stereocenters. The second kappa shape index (κ2) is 4.97. The van der Waals surface area contributed by atoms with Gasteiger partial charge in [0.05, 0.1) is 6.10 Å². The van der Waals surface area contributed by atoms with Gasteiger partial charge in [0.2, 0.25) is 0 Å². The molecule has 78 valence electrons. The molecular formula is C11H23NO. The highest BCUT2D eigenvalue weighted by Gasteiger charge is 2.30. The zero-order valence-corrected chi connectivity index (χ0v) is 9.42. The number of ether oxygens (including phenoxy) is 1. The van der Waals surface area contributed by atoms with Gasteiger partial charge in [-0.05, 0) is 47.1 Å². The molecule has 0 radical (unpaired) electrons. The Bertz CT molecular complexity index is 147. The summed E-state index contributed by atoms with van der Waals surface area (Å²) in [5.41, 5.74) is 0. The molecule has 1 rings (SSSR count). The SMILES string of the molecule is CCOC(C)C1CCCN1C(C)C. The molecule has 1 aliphatic rings. The van der Waals surface area contributed by atoms with Crippen LogP contribution in [-0.2, 0) is 4.74 Å². The molecule has 0 bridgehead atoms. The molecule has 0 N–H and O–H groups in total. The minimum absolute atomic E-state index is 0.398. The van der Waals surface area contributed by atoms with Gasteiger partial charge in [-0.1, -0.05) is 0 Å². The van der Waals surface area contributed by atoms with Gasteiger partial charge in [0.1, 0.15) is 0 Å². The molecular weight excluding hydrogens is 162 g/mol. The fourth-order valence-electron chi connectivity index (χ4n) is 2.33. The zero-order chi connectivity index (χ0) is 9.84. The maximum Gasteiger partial charge on any atom is 0.0702 e. The summed E-state index contributed by atoms with van der Waals surface area (Å²) in [6, 6.07) is 1.32. The van der Waals surface area contributed by atoms with Crippen molar-refractivity contribution < 1.29 is 4.74 Å². The molecule has 0 amide bonds. The number of hydrogen-bond acceptors (Lipinski definition) is 2. The van der Waals surface area contributed by atoms with Crippen molar-refractivity contribution in [3.63, 3.8) is 0 Å². The Morgan fingerprint density at radius 3 is 2.62 bits per heavy atom. The predicted molar refractivity (Wildman–Crippen MR) is 56.0 cm³/mol. The zero-order valence-electron chi connectivity index (χ0n) is 9.42. The molecule has 2 heteroatoms. The molecule has 13 heavy (non-hydrogen) atoms. The molecule has 0 aliphatic carbocycles. The van der Waals surface area contributed by atoms with Gasteiger partial charge in [-0.3, -0.25) is 4.90 Å². The van der Waals surface area contributed by atoms with Crippen molar-refractivity contribution in [1.29, 1.82) is 0 Å². The van der Waals surface area contributed by atoms with E-state index in [0.29, 0.717) is 18.2 Å². The first-order chi connectivity index (χ1) is 6.16. The normalized spacial score (nSPS) is 27.0. The van der Waals surface area contributed by atoms with E-state index >= 15 is 0 Å². The minimum Gasteiger partial charge on any atom is -0.377 e. The van der Waals surface area contributed by atoms with Crippen molar-refractivity contribution in [2.75, 3.05) is 13.2 Å². The largest absolute Gasteiger partial charge is 0.377 e. The Morgan fingerprint density at radius 1 is 1.38 bits per heavy atom. The van der Waals surface area contributed by atoms with Crippen molar-refractivity contribution in [2.45, 2.75) is 58.7 Å². The Hall–Kier alpha value is -0.0800. The van der Waals surface area contributed by atoms with E-state index in [-0.39, 0.29) is 0 Å². The van der Waals surface area contributed by atoms with Crippen LogP contribution in [0.2, 0.25) is 0 Å². The van der Waals surface area contributed by atoms with E-state index in [1.807, 2.05) is 0 Å². The molecule has 1 saturated heterocycles. The van der Waals surface area contributed by atoms with E-state index in [1.54, 1.807) is 0 Å². The van der Waals surface area contributed by atoms with E-state index in [2.05, 4.69) is 32.6 Å². The highest BCUT2D eigenvalue weighted by atomic mass is 16.5. The standard InChI is InChI=1S/C11H23NO/c1-5-13-10(4)11-7-6-8-12(11)9(2)3/h9-11H,5-8H2,1-4H3. The van der Waals surface area contributed by atoms with Gasteiger partial charge in [-0.25, -0.2) is 0 Å². The first kappa shape index (κ1) is 11.0. The summed E-state index contributed by atoms with van der Waals surface area (Å²) in [6.45, 7) is 10.9. The molecule has 0 saturated carbocycles. The number of rotatable bonds is 4. The topological polar surface area (TPSA) is 12.5 Å². The Kier molecular flexibility index (Phi) is 4.20. The maximum absolute atomic E-state index is 5.66.